The fourth-order valence-electron chi connectivity index (χ4n) is 2.23. The second-order valence-corrected chi connectivity index (χ2v) is 6.94. The van der Waals surface area contributed by atoms with Gasteiger partial charge >= 0.3 is 0 Å². The van der Waals surface area contributed by atoms with Gasteiger partial charge in [0.05, 0.1) is 0 Å². The molecule has 0 atom stereocenters. The van der Waals surface area contributed by atoms with Gasteiger partial charge in [0.25, 0.3) is 0 Å². The van der Waals surface area contributed by atoms with Gasteiger partial charge in [-0.05, 0) is 44.0 Å². The van der Waals surface area contributed by atoms with Crippen LogP contribution in [0.4, 0.5) is 0 Å². The van der Waals surface area contributed by atoms with Gasteiger partial charge in [0, 0.05) is 28.9 Å². The van der Waals surface area contributed by atoms with E-state index in [0.29, 0.717) is 0 Å². The molecular formula is C15H26N2S. The van der Waals surface area contributed by atoms with Crippen molar-refractivity contribution < 1.29 is 0 Å². The first kappa shape index (κ1) is 14.0. The Kier molecular flexibility index (Phi) is 5.22. The van der Waals surface area contributed by atoms with E-state index in [-0.39, 0.29) is 0 Å². The summed E-state index contributed by atoms with van der Waals surface area (Å²) in [4.78, 5) is 5.60. The number of rotatable bonds is 8. The third-order valence-electron chi connectivity index (χ3n) is 3.40. The lowest BCUT2D eigenvalue weighted by Gasteiger charge is -2.18. The third kappa shape index (κ3) is 4.38. The highest BCUT2D eigenvalue weighted by Gasteiger charge is 2.27. The first-order chi connectivity index (χ1) is 8.69. The molecule has 0 aromatic carbocycles. The lowest BCUT2D eigenvalue weighted by atomic mass is 10.2. The largest absolute Gasteiger partial charge is 0.312 e. The summed E-state index contributed by atoms with van der Waals surface area (Å²) in [6.45, 7) is 11.2. The molecule has 1 aromatic rings. The Morgan fingerprint density at radius 1 is 1.33 bits per heavy atom. The second kappa shape index (κ2) is 6.69. The molecule has 1 aromatic heterocycles. The number of nitrogens with one attached hydrogen (secondary N) is 1. The van der Waals surface area contributed by atoms with E-state index < -0.39 is 0 Å². The molecule has 0 amide bonds. The topological polar surface area (TPSA) is 15.3 Å². The highest BCUT2D eigenvalue weighted by atomic mass is 32.1. The number of thiophene rings is 1. The van der Waals surface area contributed by atoms with Crippen LogP contribution in [-0.4, -0.2) is 24.0 Å². The summed E-state index contributed by atoms with van der Waals surface area (Å²) in [6, 6.07) is 5.47. The summed E-state index contributed by atoms with van der Waals surface area (Å²) in [6.07, 6.45) is 2.81. The second-order valence-electron chi connectivity index (χ2n) is 5.69. The van der Waals surface area contributed by atoms with Crippen LogP contribution in [0.15, 0.2) is 12.1 Å². The van der Waals surface area contributed by atoms with E-state index in [4.69, 9.17) is 0 Å². The molecule has 18 heavy (non-hydrogen) atoms. The van der Waals surface area contributed by atoms with Gasteiger partial charge < -0.3 is 5.32 Å². The smallest absolute Gasteiger partial charge is 0.0330 e. The SMILES string of the molecule is CCN(Cc1ccc(CNCC(C)C)s1)C1CC1. The Morgan fingerprint density at radius 3 is 2.67 bits per heavy atom. The minimum absolute atomic E-state index is 0.731. The molecule has 0 bridgehead atoms. The molecule has 1 heterocycles. The fourth-order valence-corrected chi connectivity index (χ4v) is 3.24. The summed E-state index contributed by atoms with van der Waals surface area (Å²) in [5.74, 6) is 0.731. The van der Waals surface area contributed by atoms with Crippen LogP contribution in [0, 0.1) is 5.92 Å². The van der Waals surface area contributed by atoms with Crippen LogP contribution in [0.25, 0.3) is 0 Å². The zero-order valence-electron chi connectivity index (χ0n) is 11.9. The van der Waals surface area contributed by atoms with Crippen molar-refractivity contribution in [2.24, 2.45) is 5.92 Å². The van der Waals surface area contributed by atoms with Crippen molar-refractivity contribution in [1.29, 1.82) is 0 Å². The van der Waals surface area contributed by atoms with E-state index in [0.717, 1.165) is 31.6 Å². The molecule has 102 valence electrons. The quantitative estimate of drug-likeness (QED) is 0.775. The van der Waals surface area contributed by atoms with Crippen molar-refractivity contribution in [3.63, 3.8) is 0 Å². The van der Waals surface area contributed by atoms with E-state index >= 15 is 0 Å². The zero-order chi connectivity index (χ0) is 13.0. The molecule has 1 fully saturated rings. The molecule has 0 saturated heterocycles. The molecule has 1 saturated carbocycles. The average molecular weight is 266 g/mol. The van der Waals surface area contributed by atoms with Gasteiger partial charge in [-0.1, -0.05) is 20.8 Å². The minimum Gasteiger partial charge on any atom is -0.312 e. The van der Waals surface area contributed by atoms with Gasteiger partial charge in [-0.3, -0.25) is 4.90 Å². The molecule has 1 N–H and O–H groups in total. The Balaban J connectivity index is 1.78. The Bertz CT molecular complexity index is 355. The average Bonchev–Trinajstić information content (AvgIpc) is 3.08. The normalized spacial score (nSPS) is 15.8. The Hall–Kier alpha value is -0.380. The van der Waals surface area contributed by atoms with E-state index in [1.54, 1.807) is 0 Å². The number of hydrogen-bond acceptors (Lipinski definition) is 3. The van der Waals surface area contributed by atoms with E-state index in [9.17, 15) is 0 Å². The highest BCUT2D eigenvalue weighted by Crippen LogP contribution is 2.29. The lowest BCUT2D eigenvalue weighted by molar-refractivity contribution is 0.272. The summed E-state index contributed by atoms with van der Waals surface area (Å²) in [5, 5.41) is 3.51. The summed E-state index contributed by atoms with van der Waals surface area (Å²) >= 11 is 1.97. The number of nitrogens with zero attached hydrogens (tertiary/aromatic N) is 1. The lowest BCUT2D eigenvalue weighted by Crippen LogP contribution is -2.24. The van der Waals surface area contributed by atoms with Crippen molar-refractivity contribution >= 4 is 11.3 Å². The van der Waals surface area contributed by atoms with Gasteiger partial charge in [0.15, 0.2) is 0 Å². The van der Waals surface area contributed by atoms with Crippen molar-refractivity contribution in [1.82, 2.24) is 10.2 Å². The van der Waals surface area contributed by atoms with E-state index in [1.807, 2.05) is 11.3 Å². The molecule has 1 aliphatic rings. The molecule has 0 radical (unpaired) electrons. The molecular weight excluding hydrogens is 240 g/mol. The Labute approximate surface area is 115 Å². The van der Waals surface area contributed by atoms with Gasteiger partial charge in [-0.2, -0.15) is 0 Å². The van der Waals surface area contributed by atoms with E-state index in [1.165, 1.54) is 29.1 Å². The third-order valence-corrected chi connectivity index (χ3v) is 4.47. The molecule has 0 unspecified atom stereocenters. The van der Waals surface area contributed by atoms with Crippen molar-refractivity contribution in [2.75, 3.05) is 13.1 Å². The highest BCUT2D eigenvalue weighted by molar-refractivity contribution is 7.11. The van der Waals surface area contributed by atoms with Crippen LogP contribution in [0.3, 0.4) is 0 Å². The molecule has 2 nitrogen and oxygen atoms in total. The van der Waals surface area contributed by atoms with Gasteiger partial charge in [0.2, 0.25) is 0 Å². The van der Waals surface area contributed by atoms with Crippen LogP contribution in [-0.2, 0) is 13.1 Å². The molecule has 0 spiro atoms. The van der Waals surface area contributed by atoms with Crippen molar-refractivity contribution in [3.05, 3.63) is 21.9 Å². The zero-order valence-corrected chi connectivity index (χ0v) is 12.7. The van der Waals surface area contributed by atoms with Gasteiger partial charge in [-0.25, -0.2) is 0 Å². The maximum Gasteiger partial charge on any atom is 0.0330 e. The first-order valence-electron chi connectivity index (χ1n) is 7.21. The standard InChI is InChI=1S/C15H26N2S/c1-4-17(13-5-6-13)11-15-8-7-14(18-15)10-16-9-12(2)3/h7-8,12-13,16H,4-6,9-11H2,1-3H3. The molecule has 1 aliphatic carbocycles. The van der Waals surface area contributed by atoms with Crippen LogP contribution in [0.5, 0.6) is 0 Å². The predicted molar refractivity (Wildman–Crippen MR) is 80.0 cm³/mol. The monoisotopic (exact) mass is 266 g/mol. The van der Waals surface area contributed by atoms with Crippen LogP contribution < -0.4 is 5.32 Å². The fraction of sp³-hybridized carbons (Fsp3) is 0.733. The van der Waals surface area contributed by atoms with Gasteiger partial charge in [0.1, 0.15) is 0 Å². The van der Waals surface area contributed by atoms with Crippen LogP contribution >= 0.6 is 11.3 Å². The summed E-state index contributed by atoms with van der Waals surface area (Å²) < 4.78 is 0. The summed E-state index contributed by atoms with van der Waals surface area (Å²) in [7, 11) is 0. The van der Waals surface area contributed by atoms with Crippen molar-refractivity contribution in [2.45, 2.75) is 52.7 Å². The predicted octanol–water partition coefficient (Wildman–Crippen LogP) is 3.48. The minimum atomic E-state index is 0.731. The molecule has 3 heteroatoms. The van der Waals surface area contributed by atoms with Crippen molar-refractivity contribution in [3.8, 4) is 0 Å². The Morgan fingerprint density at radius 2 is 2.06 bits per heavy atom. The van der Waals surface area contributed by atoms with Gasteiger partial charge in [-0.15, -0.1) is 11.3 Å². The number of hydrogen-bond donors (Lipinski definition) is 1. The van der Waals surface area contributed by atoms with Crippen LogP contribution in [0.1, 0.15) is 43.4 Å². The molecule has 2 rings (SSSR count). The van der Waals surface area contributed by atoms with E-state index in [2.05, 4.69) is 43.1 Å². The van der Waals surface area contributed by atoms with Crippen LogP contribution in [0.2, 0.25) is 0 Å². The summed E-state index contributed by atoms with van der Waals surface area (Å²) in [5.41, 5.74) is 0. The maximum absolute atomic E-state index is 3.51. The molecule has 0 aliphatic heterocycles. The maximum atomic E-state index is 3.51. The first-order valence-corrected chi connectivity index (χ1v) is 8.03.